The highest BCUT2D eigenvalue weighted by atomic mass is 16.5. The van der Waals surface area contributed by atoms with E-state index in [0.717, 1.165) is 32.8 Å². The fourth-order valence-corrected chi connectivity index (χ4v) is 1.70. The molecule has 1 heterocycles. The molecule has 0 bridgehead atoms. The van der Waals surface area contributed by atoms with E-state index in [1.165, 1.54) is 6.92 Å². The van der Waals surface area contributed by atoms with Gasteiger partial charge in [0.15, 0.2) is 0 Å². The van der Waals surface area contributed by atoms with Crippen LogP contribution in [0.3, 0.4) is 0 Å². The summed E-state index contributed by atoms with van der Waals surface area (Å²) in [7, 11) is 0. The fraction of sp³-hybridized carbons (Fsp3) is 0.917. The first kappa shape index (κ1) is 17.3. The Labute approximate surface area is 110 Å². The van der Waals surface area contributed by atoms with Gasteiger partial charge in [0.05, 0.1) is 12.7 Å². The van der Waals surface area contributed by atoms with Crippen LogP contribution in [-0.4, -0.2) is 62.9 Å². The Morgan fingerprint density at radius 3 is 2.83 bits per heavy atom. The Kier molecular flexibility index (Phi) is 11.0. The van der Waals surface area contributed by atoms with E-state index in [-0.39, 0.29) is 12.0 Å². The number of nitrogens with one attached hydrogen (secondary N) is 2. The van der Waals surface area contributed by atoms with Gasteiger partial charge in [-0.25, -0.2) is 0 Å². The molecule has 1 aliphatic rings. The SMILES string of the molecule is CC.CC(=O)NCC1CN(CCNCN)CCO1. The van der Waals surface area contributed by atoms with Crippen LogP contribution in [0.5, 0.6) is 0 Å². The number of nitrogens with zero attached hydrogens (tertiary/aromatic N) is 1. The lowest BCUT2D eigenvalue weighted by Crippen LogP contribution is -2.49. The summed E-state index contributed by atoms with van der Waals surface area (Å²) in [5, 5.41) is 5.86. The van der Waals surface area contributed by atoms with Gasteiger partial charge in [-0.3, -0.25) is 9.69 Å². The lowest BCUT2D eigenvalue weighted by Gasteiger charge is -2.32. The topological polar surface area (TPSA) is 79.6 Å². The Morgan fingerprint density at radius 1 is 1.50 bits per heavy atom. The average Bonchev–Trinajstić information content (AvgIpc) is 2.40. The predicted molar refractivity (Wildman–Crippen MR) is 73.3 cm³/mol. The smallest absolute Gasteiger partial charge is 0.216 e. The summed E-state index contributed by atoms with van der Waals surface area (Å²) in [5.74, 6) is -0.00878. The number of hydrogen-bond acceptors (Lipinski definition) is 5. The van der Waals surface area contributed by atoms with Crippen molar-refractivity contribution in [3.8, 4) is 0 Å². The molecule has 0 aromatic rings. The number of carbonyl (C=O) groups excluding carboxylic acids is 1. The molecule has 0 aliphatic carbocycles. The van der Waals surface area contributed by atoms with Crippen molar-refractivity contribution in [1.29, 1.82) is 0 Å². The molecule has 1 atom stereocenters. The third-order valence-corrected chi connectivity index (χ3v) is 2.55. The first-order valence-corrected chi connectivity index (χ1v) is 6.71. The predicted octanol–water partition coefficient (Wildman–Crippen LogP) is -0.645. The monoisotopic (exact) mass is 260 g/mol. The molecule has 0 radical (unpaired) electrons. The summed E-state index contributed by atoms with van der Waals surface area (Å²) in [6.07, 6.45) is 0.107. The van der Waals surface area contributed by atoms with Gasteiger partial charge in [-0.2, -0.15) is 0 Å². The Bertz CT molecular complexity index is 214. The van der Waals surface area contributed by atoms with Gasteiger partial charge in [0.25, 0.3) is 0 Å². The van der Waals surface area contributed by atoms with Crippen LogP contribution in [0.2, 0.25) is 0 Å². The summed E-state index contributed by atoms with van der Waals surface area (Å²) in [4.78, 5) is 13.1. The van der Waals surface area contributed by atoms with E-state index >= 15 is 0 Å². The summed E-state index contributed by atoms with van der Waals surface area (Å²) in [6.45, 7) is 11.0. The highest BCUT2D eigenvalue weighted by molar-refractivity contribution is 5.72. The van der Waals surface area contributed by atoms with Crippen LogP contribution in [0, 0.1) is 0 Å². The molecule has 6 nitrogen and oxygen atoms in total. The van der Waals surface area contributed by atoms with Crippen LogP contribution in [0.1, 0.15) is 20.8 Å². The van der Waals surface area contributed by atoms with Crippen LogP contribution >= 0.6 is 0 Å². The molecule has 0 spiro atoms. The summed E-state index contributed by atoms with van der Waals surface area (Å²) in [5.41, 5.74) is 5.35. The van der Waals surface area contributed by atoms with E-state index < -0.39 is 0 Å². The maximum atomic E-state index is 10.8. The normalized spacial score (nSPS) is 19.9. The number of carbonyl (C=O) groups is 1. The van der Waals surface area contributed by atoms with Crippen LogP contribution in [0.25, 0.3) is 0 Å². The van der Waals surface area contributed by atoms with E-state index in [4.69, 9.17) is 10.5 Å². The molecule has 1 rings (SSSR count). The number of ether oxygens (including phenoxy) is 1. The molecule has 0 aromatic carbocycles. The number of morpholine rings is 1. The maximum Gasteiger partial charge on any atom is 0.216 e. The second-order valence-electron chi connectivity index (χ2n) is 3.93. The van der Waals surface area contributed by atoms with Crippen LogP contribution in [-0.2, 0) is 9.53 Å². The largest absolute Gasteiger partial charge is 0.374 e. The molecule has 18 heavy (non-hydrogen) atoms. The fourth-order valence-electron chi connectivity index (χ4n) is 1.70. The van der Waals surface area contributed by atoms with Gasteiger partial charge < -0.3 is 21.1 Å². The molecule has 108 valence electrons. The van der Waals surface area contributed by atoms with Crippen molar-refractivity contribution in [3.05, 3.63) is 0 Å². The summed E-state index contributed by atoms with van der Waals surface area (Å²) >= 11 is 0. The van der Waals surface area contributed by atoms with Gasteiger partial charge >= 0.3 is 0 Å². The van der Waals surface area contributed by atoms with Crippen molar-refractivity contribution in [3.63, 3.8) is 0 Å². The van der Waals surface area contributed by atoms with Gasteiger partial charge in [-0.05, 0) is 0 Å². The van der Waals surface area contributed by atoms with Crippen molar-refractivity contribution in [2.24, 2.45) is 5.73 Å². The molecule has 6 heteroatoms. The van der Waals surface area contributed by atoms with E-state index in [1.54, 1.807) is 0 Å². The minimum Gasteiger partial charge on any atom is -0.374 e. The molecule has 0 saturated carbocycles. The molecule has 1 fully saturated rings. The van der Waals surface area contributed by atoms with E-state index in [2.05, 4.69) is 15.5 Å². The minimum absolute atomic E-state index is 0.00878. The molecular formula is C12H28N4O2. The van der Waals surface area contributed by atoms with Crippen LogP contribution < -0.4 is 16.4 Å². The van der Waals surface area contributed by atoms with Crippen molar-refractivity contribution in [1.82, 2.24) is 15.5 Å². The van der Waals surface area contributed by atoms with Crippen molar-refractivity contribution < 1.29 is 9.53 Å². The summed E-state index contributed by atoms with van der Waals surface area (Å²) < 4.78 is 5.56. The Hall–Kier alpha value is -0.690. The first-order chi connectivity index (χ1) is 8.72. The molecule has 1 unspecified atom stereocenters. The van der Waals surface area contributed by atoms with Crippen molar-refractivity contribution in [2.75, 3.05) is 46.0 Å². The zero-order valence-corrected chi connectivity index (χ0v) is 11.9. The second kappa shape index (κ2) is 11.4. The lowest BCUT2D eigenvalue weighted by molar-refractivity contribution is -0.120. The third kappa shape index (κ3) is 8.41. The quantitative estimate of drug-likeness (QED) is 0.437. The van der Waals surface area contributed by atoms with Gasteiger partial charge in [0.1, 0.15) is 0 Å². The van der Waals surface area contributed by atoms with Crippen molar-refractivity contribution in [2.45, 2.75) is 26.9 Å². The molecule has 1 aliphatic heterocycles. The van der Waals surface area contributed by atoms with Crippen molar-refractivity contribution >= 4 is 5.91 Å². The van der Waals surface area contributed by atoms with Gasteiger partial charge in [-0.1, -0.05) is 13.8 Å². The molecular weight excluding hydrogens is 232 g/mol. The molecule has 1 amide bonds. The van der Waals surface area contributed by atoms with Crippen LogP contribution in [0.15, 0.2) is 0 Å². The third-order valence-electron chi connectivity index (χ3n) is 2.55. The molecule has 0 aromatic heterocycles. The standard InChI is InChI=1S/C10H22N4O2.C2H6/c1-9(15)13-6-10-7-14(4-5-16-10)3-2-12-8-11;1-2/h10,12H,2-8,11H2,1H3,(H,13,15);1-2H3. The zero-order valence-electron chi connectivity index (χ0n) is 11.9. The molecule has 4 N–H and O–H groups in total. The van der Waals surface area contributed by atoms with Crippen LogP contribution in [0.4, 0.5) is 0 Å². The summed E-state index contributed by atoms with van der Waals surface area (Å²) in [6, 6.07) is 0. The highest BCUT2D eigenvalue weighted by Gasteiger charge is 2.19. The second-order valence-corrected chi connectivity index (χ2v) is 3.93. The first-order valence-electron chi connectivity index (χ1n) is 6.71. The lowest BCUT2D eigenvalue weighted by atomic mass is 10.2. The number of nitrogens with two attached hydrogens (primary N) is 1. The van der Waals surface area contributed by atoms with Gasteiger partial charge in [-0.15, -0.1) is 0 Å². The zero-order chi connectivity index (χ0) is 13.8. The van der Waals surface area contributed by atoms with E-state index in [1.807, 2.05) is 13.8 Å². The number of amides is 1. The number of rotatable bonds is 6. The minimum atomic E-state index is -0.00878. The highest BCUT2D eigenvalue weighted by Crippen LogP contribution is 2.03. The van der Waals surface area contributed by atoms with Gasteiger partial charge in [0, 0.05) is 46.3 Å². The maximum absolute atomic E-state index is 10.8. The number of hydrogen-bond donors (Lipinski definition) is 3. The van der Waals surface area contributed by atoms with E-state index in [9.17, 15) is 4.79 Å². The molecule has 1 saturated heterocycles. The Balaban J connectivity index is 0.00000137. The average molecular weight is 260 g/mol. The van der Waals surface area contributed by atoms with E-state index in [0.29, 0.717) is 13.2 Å². The Morgan fingerprint density at radius 2 is 2.22 bits per heavy atom. The van der Waals surface area contributed by atoms with Gasteiger partial charge in [0.2, 0.25) is 5.91 Å².